The number of ether oxygens (including phenoxy) is 1. The van der Waals surface area contributed by atoms with Crippen LogP contribution in [0.2, 0.25) is 0 Å². The number of hydrogen-bond donors (Lipinski definition) is 1. The Kier molecular flexibility index (Phi) is 5.46. The highest BCUT2D eigenvalue weighted by atomic mass is 32.2. The Morgan fingerprint density at radius 2 is 1.89 bits per heavy atom. The molecule has 1 aromatic rings. The number of benzene rings is 1. The SMILES string of the molecule is COCCCN(C)S(=O)(=O)c1ccc(C(=O)O)cc1. The average Bonchev–Trinajstić information content (AvgIpc) is 2.39. The number of aromatic carboxylic acids is 1. The van der Waals surface area contributed by atoms with Gasteiger partial charge in [0.15, 0.2) is 0 Å². The molecule has 0 unspecified atom stereocenters. The summed E-state index contributed by atoms with van der Waals surface area (Å²) in [5.41, 5.74) is 0.0565. The molecule has 0 atom stereocenters. The molecule has 6 nitrogen and oxygen atoms in total. The molecule has 0 aliphatic rings. The van der Waals surface area contributed by atoms with Crippen molar-refractivity contribution >= 4 is 16.0 Å². The number of nitrogens with zero attached hydrogens (tertiary/aromatic N) is 1. The summed E-state index contributed by atoms with van der Waals surface area (Å²) >= 11 is 0. The van der Waals surface area contributed by atoms with E-state index >= 15 is 0 Å². The molecule has 106 valence electrons. The van der Waals surface area contributed by atoms with Gasteiger partial charge in [0, 0.05) is 27.3 Å². The fourth-order valence-corrected chi connectivity index (χ4v) is 2.71. The summed E-state index contributed by atoms with van der Waals surface area (Å²) in [6.45, 7) is 0.828. The molecule has 0 saturated carbocycles. The van der Waals surface area contributed by atoms with Crippen molar-refractivity contribution < 1.29 is 23.1 Å². The third-order valence-electron chi connectivity index (χ3n) is 2.63. The molecule has 19 heavy (non-hydrogen) atoms. The van der Waals surface area contributed by atoms with Crippen LogP contribution in [0.25, 0.3) is 0 Å². The first-order valence-electron chi connectivity index (χ1n) is 5.68. The number of rotatable bonds is 7. The summed E-state index contributed by atoms with van der Waals surface area (Å²) in [4.78, 5) is 10.8. The molecule has 0 fully saturated rings. The Labute approximate surface area is 112 Å². The highest BCUT2D eigenvalue weighted by Gasteiger charge is 2.20. The molecule has 0 radical (unpaired) electrons. The second-order valence-corrected chi connectivity index (χ2v) is 6.05. The van der Waals surface area contributed by atoms with E-state index in [-0.39, 0.29) is 10.5 Å². The molecular formula is C12H17NO5S. The van der Waals surface area contributed by atoms with Gasteiger partial charge >= 0.3 is 5.97 Å². The zero-order valence-corrected chi connectivity index (χ0v) is 11.7. The number of methoxy groups -OCH3 is 1. The zero-order valence-electron chi connectivity index (χ0n) is 10.9. The van der Waals surface area contributed by atoms with Gasteiger partial charge in [-0.25, -0.2) is 17.5 Å². The van der Waals surface area contributed by atoms with Gasteiger partial charge in [-0.05, 0) is 30.7 Å². The minimum Gasteiger partial charge on any atom is -0.478 e. The molecule has 1 N–H and O–H groups in total. The van der Waals surface area contributed by atoms with E-state index in [0.717, 1.165) is 0 Å². The summed E-state index contributed by atoms with van der Waals surface area (Å²) < 4.78 is 30.4. The van der Waals surface area contributed by atoms with Crippen molar-refractivity contribution in [1.82, 2.24) is 4.31 Å². The normalized spacial score (nSPS) is 11.7. The van der Waals surface area contributed by atoms with E-state index in [1.807, 2.05) is 0 Å². The number of carboxylic acids is 1. The van der Waals surface area contributed by atoms with E-state index in [1.165, 1.54) is 35.6 Å². The van der Waals surface area contributed by atoms with Gasteiger partial charge in [-0.15, -0.1) is 0 Å². The topological polar surface area (TPSA) is 83.9 Å². The van der Waals surface area contributed by atoms with Crippen LogP contribution in [0.4, 0.5) is 0 Å². The Balaban J connectivity index is 2.84. The number of carboxylic acid groups (broad SMARTS) is 1. The maximum atomic E-state index is 12.1. The fraction of sp³-hybridized carbons (Fsp3) is 0.417. The summed E-state index contributed by atoms with van der Waals surface area (Å²) in [6, 6.07) is 5.15. The lowest BCUT2D eigenvalue weighted by atomic mass is 10.2. The smallest absolute Gasteiger partial charge is 0.335 e. The molecule has 0 aliphatic heterocycles. The molecular weight excluding hydrogens is 270 g/mol. The van der Waals surface area contributed by atoms with E-state index in [4.69, 9.17) is 9.84 Å². The van der Waals surface area contributed by atoms with Gasteiger partial charge in [0.2, 0.25) is 10.0 Å². The molecule has 0 bridgehead atoms. The first-order chi connectivity index (χ1) is 8.89. The molecule has 0 spiro atoms. The first kappa shape index (κ1) is 15.6. The Bertz CT molecular complexity index is 524. The Morgan fingerprint density at radius 1 is 1.32 bits per heavy atom. The lowest BCUT2D eigenvalue weighted by Gasteiger charge is -2.16. The molecule has 1 aromatic carbocycles. The van der Waals surface area contributed by atoms with Crippen LogP contribution in [-0.2, 0) is 14.8 Å². The standard InChI is InChI=1S/C12H17NO5S/c1-13(8-3-9-18-2)19(16,17)11-6-4-10(5-7-11)12(14)15/h4-7H,3,8-9H2,1-2H3,(H,14,15). The fourth-order valence-electron chi connectivity index (χ4n) is 1.50. The second-order valence-electron chi connectivity index (χ2n) is 4.00. The Morgan fingerprint density at radius 3 is 2.37 bits per heavy atom. The third kappa shape index (κ3) is 4.02. The van der Waals surface area contributed by atoms with Gasteiger partial charge in [-0.3, -0.25) is 0 Å². The van der Waals surface area contributed by atoms with Crippen LogP contribution in [0.5, 0.6) is 0 Å². The first-order valence-corrected chi connectivity index (χ1v) is 7.12. The van der Waals surface area contributed by atoms with Gasteiger partial charge in [-0.2, -0.15) is 0 Å². The number of sulfonamides is 1. The quantitative estimate of drug-likeness (QED) is 0.758. The maximum Gasteiger partial charge on any atom is 0.335 e. The van der Waals surface area contributed by atoms with Crippen molar-refractivity contribution in [3.05, 3.63) is 29.8 Å². The van der Waals surface area contributed by atoms with Crippen molar-refractivity contribution in [3.63, 3.8) is 0 Å². The summed E-state index contributed by atoms with van der Waals surface area (Å²) in [7, 11) is -0.540. The second kappa shape index (κ2) is 6.65. The Hall–Kier alpha value is -1.44. The minimum atomic E-state index is -3.58. The predicted molar refractivity (Wildman–Crippen MR) is 69.7 cm³/mol. The van der Waals surface area contributed by atoms with Crippen molar-refractivity contribution in [2.75, 3.05) is 27.3 Å². The van der Waals surface area contributed by atoms with Crippen molar-refractivity contribution in [2.24, 2.45) is 0 Å². The van der Waals surface area contributed by atoms with Gasteiger partial charge < -0.3 is 9.84 Å². The zero-order chi connectivity index (χ0) is 14.5. The van der Waals surface area contributed by atoms with Crippen molar-refractivity contribution in [1.29, 1.82) is 0 Å². The van der Waals surface area contributed by atoms with E-state index in [2.05, 4.69) is 0 Å². The van der Waals surface area contributed by atoms with Crippen LogP contribution in [0, 0.1) is 0 Å². The van der Waals surface area contributed by atoms with E-state index in [1.54, 1.807) is 7.11 Å². The molecule has 0 saturated heterocycles. The average molecular weight is 287 g/mol. The largest absolute Gasteiger partial charge is 0.478 e. The summed E-state index contributed by atoms with van der Waals surface area (Å²) in [5, 5.41) is 8.76. The number of carbonyl (C=O) groups is 1. The maximum absolute atomic E-state index is 12.1. The number of hydrogen-bond acceptors (Lipinski definition) is 4. The van der Waals surface area contributed by atoms with Crippen molar-refractivity contribution in [2.45, 2.75) is 11.3 Å². The van der Waals surface area contributed by atoms with Gasteiger partial charge in [-0.1, -0.05) is 0 Å². The lowest BCUT2D eigenvalue weighted by molar-refractivity contribution is 0.0696. The molecule has 1 rings (SSSR count). The van der Waals surface area contributed by atoms with E-state index < -0.39 is 16.0 Å². The monoisotopic (exact) mass is 287 g/mol. The lowest BCUT2D eigenvalue weighted by Crippen LogP contribution is -2.28. The van der Waals surface area contributed by atoms with E-state index in [0.29, 0.717) is 19.6 Å². The van der Waals surface area contributed by atoms with Crippen LogP contribution >= 0.6 is 0 Å². The van der Waals surface area contributed by atoms with Gasteiger partial charge in [0.1, 0.15) is 0 Å². The van der Waals surface area contributed by atoms with E-state index in [9.17, 15) is 13.2 Å². The molecule has 0 aliphatic carbocycles. The van der Waals surface area contributed by atoms with Crippen LogP contribution < -0.4 is 0 Å². The predicted octanol–water partition coefficient (Wildman–Crippen LogP) is 1.04. The van der Waals surface area contributed by atoms with Crippen LogP contribution in [0.1, 0.15) is 16.8 Å². The minimum absolute atomic E-state index is 0.0565. The summed E-state index contributed by atoms with van der Waals surface area (Å²) in [6.07, 6.45) is 0.597. The van der Waals surface area contributed by atoms with Gasteiger partial charge in [0.25, 0.3) is 0 Å². The third-order valence-corrected chi connectivity index (χ3v) is 4.50. The summed E-state index contributed by atoms with van der Waals surface area (Å²) in [5.74, 6) is -1.09. The highest BCUT2D eigenvalue weighted by Crippen LogP contribution is 2.15. The van der Waals surface area contributed by atoms with Crippen molar-refractivity contribution in [3.8, 4) is 0 Å². The molecule has 0 heterocycles. The van der Waals surface area contributed by atoms with Crippen LogP contribution in [0.3, 0.4) is 0 Å². The van der Waals surface area contributed by atoms with Gasteiger partial charge in [0.05, 0.1) is 10.5 Å². The van der Waals surface area contributed by atoms with Crippen LogP contribution in [0.15, 0.2) is 29.2 Å². The molecule has 0 amide bonds. The molecule has 7 heteroatoms. The molecule has 0 aromatic heterocycles. The van der Waals surface area contributed by atoms with Crippen LogP contribution in [-0.4, -0.2) is 51.1 Å². The highest BCUT2D eigenvalue weighted by molar-refractivity contribution is 7.89.